The standard InChI is InChI=1S/C40H24N4S/c1-3-11-25(12-4-1)26-19-21-28(22-20-26)44-33-18-10-8-16-30(33)36-37-34(35-31-23-41-24-42-40(31)45-39(35)38(36)44)29-15-7-9-17-32(29)43(37)27-13-5-2-6-14-27/h1-24H. The second-order valence-corrected chi connectivity index (χ2v) is 12.4. The fourth-order valence-electron chi connectivity index (χ4n) is 7.23. The summed E-state index contributed by atoms with van der Waals surface area (Å²) in [5.74, 6) is 0. The van der Waals surface area contributed by atoms with Gasteiger partial charge in [-0.05, 0) is 47.5 Å². The van der Waals surface area contributed by atoms with Crippen LogP contribution in [0.3, 0.4) is 0 Å². The van der Waals surface area contributed by atoms with Crippen molar-refractivity contribution in [2.75, 3.05) is 0 Å². The third-order valence-corrected chi connectivity index (χ3v) is 10.2. The van der Waals surface area contributed by atoms with Crippen LogP contribution < -0.4 is 0 Å². The molecule has 4 heterocycles. The van der Waals surface area contributed by atoms with Crippen LogP contribution in [-0.2, 0) is 0 Å². The highest BCUT2D eigenvalue weighted by Crippen LogP contribution is 2.50. The van der Waals surface area contributed by atoms with Crippen molar-refractivity contribution in [3.8, 4) is 22.5 Å². The zero-order valence-electron chi connectivity index (χ0n) is 24.1. The van der Waals surface area contributed by atoms with Gasteiger partial charge in [0.25, 0.3) is 0 Å². The van der Waals surface area contributed by atoms with Gasteiger partial charge >= 0.3 is 0 Å². The van der Waals surface area contributed by atoms with E-state index in [1.54, 1.807) is 17.7 Å². The van der Waals surface area contributed by atoms with Gasteiger partial charge in [0.1, 0.15) is 11.2 Å². The van der Waals surface area contributed by atoms with E-state index in [1.807, 2.05) is 6.20 Å². The Labute approximate surface area is 262 Å². The third-order valence-electron chi connectivity index (χ3n) is 9.07. The second kappa shape index (κ2) is 9.36. The molecule has 210 valence electrons. The van der Waals surface area contributed by atoms with E-state index in [1.165, 1.54) is 64.8 Å². The van der Waals surface area contributed by atoms with Gasteiger partial charge in [-0.25, -0.2) is 9.97 Å². The maximum absolute atomic E-state index is 4.77. The molecule has 0 fully saturated rings. The van der Waals surface area contributed by atoms with Gasteiger partial charge in [0, 0.05) is 49.9 Å². The van der Waals surface area contributed by atoms with Crippen LogP contribution >= 0.6 is 11.3 Å². The van der Waals surface area contributed by atoms with E-state index >= 15 is 0 Å². The van der Waals surface area contributed by atoms with E-state index in [2.05, 4.69) is 148 Å². The molecule has 0 aliphatic heterocycles. The number of rotatable bonds is 3. The molecule has 0 amide bonds. The molecule has 45 heavy (non-hydrogen) atoms. The number of para-hydroxylation sites is 3. The second-order valence-electron chi connectivity index (χ2n) is 11.4. The molecule has 10 rings (SSSR count). The van der Waals surface area contributed by atoms with E-state index in [0.717, 1.165) is 21.6 Å². The minimum Gasteiger partial charge on any atom is -0.309 e. The first kappa shape index (κ1) is 24.6. The highest BCUT2D eigenvalue weighted by molar-refractivity contribution is 7.26. The SMILES string of the molecule is c1ccc(-c2ccc(-n3c4ccccc4c4c3c3sc5ncncc5c3c3c5ccccc5n(-c5ccccc5)c34)cc2)cc1. The highest BCUT2D eigenvalue weighted by atomic mass is 32.1. The molecule has 6 aromatic carbocycles. The third kappa shape index (κ3) is 3.41. The first-order valence-electron chi connectivity index (χ1n) is 15.1. The normalized spacial score (nSPS) is 12.0. The monoisotopic (exact) mass is 592 g/mol. The highest BCUT2D eigenvalue weighted by Gasteiger charge is 2.26. The summed E-state index contributed by atoms with van der Waals surface area (Å²) < 4.78 is 6.14. The van der Waals surface area contributed by atoms with Crippen molar-refractivity contribution in [1.82, 2.24) is 19.1 Å². The van der Waals surface area contributed by atoms with E-state index in [0.29, 0.717) is 0 Å². The largest absolute Gasteiger partial charge is 0.309 e. The summed E-state index contributed by atoms with van der Waals surface area (Å²) in [5.41, 5.74) is 9.48. The maximum atomic E-state index is 4.77. The summed E-state index contributed by atoms with van der Waals surface area (Å²) in [6.07, 6.45) is 3.65. The van der Waals surface area contributed by atoms with Gasteiger partial charge in [-0.15, -0.1) is 11.3 Å². The van der Waals surface area contributed by atoms with Crippen molar-refractivity contribution in [2.24, 2.45) is 0 Å². The summed E-state index contributed by atoms with van der Waals surface area (Å²) in [5, 5.41) is 7.27. The number of hydrogen-bond acceptors (Lipinski definition) is 3. The quantitative estimate of drug-likeness (QED) is 0.205. The summed E-state index contributed by atoms with van der Waals surface area (Å²) in [6.45, 7) is 0. The van der Waals surface area contributed by atoms with Crippen molar-refractivity contribution in [1.29, 1.82) is 0 Å². The van der Waals surface area contributed by atoms with E-state index < -0.39 is 0 Å². The van der Waals surface area contributed by atoms with E-state index in [4.69, 9.17) is 4.98 Å². The van der Waals surface area contributed by atoms with Gasteiger partial charge in [-0.3, -0.25) is 0 Å². The lowest BCUT2D eigenvalue weighted by atomic mass is 10.0. The Morgan fingerprint density at radius 1 is 0.467 bits per heavy atom. The Kier molecular flexibility index (Phi) is 5.12. The van der Waals surface area contributed by atoms with Gasteiger partial charge in [0.05, 0.1) is 26.8 Å². The van der Waals surface area contributed by atoms with Crippen LogP contribution in [0.5, 0.6) is 0 Å². The number of hydrogen-bond donors (Lipinski definition) is 0. The Balaban J connectivity index is 1.46. The Morgan fingerprint density at radius 2 is 1.04 bits per heavy atom. The predicted molar refractivity (Wildman–Crippen MR) is 189 cm³/mol. The molecular weight excluding hydrogens is 569 g/mol. The Hall–Kier alpha value is -5.78. The number of aromatic nitrogens is 4. The van der Waals surface area contributed by atoms with Crippen LogP contribution in [0.4, 0.5) is 0 Å². The molecule has 0 bridgehead atoms. The van der Waals surface area contributed by atoms with Crippen LogP contribution in [-0.4, -0.2) is 19.1 Å². The van der Waals surface area contributed by atoms with Crippen molar-refractivity contribution in [2.45, 2.75) is 0 Å². The zero-order valence-corrected chi connectivity index (χ0v) is 24.9. The first-order valence-corrected chi connectivity index (χ1v) is 15.9. The van der Waals surface area contributed by atoms with Crippen LogP contribution in [0.25, 0.3) is 86.4 Å². The fourth-order valence-corrected chi connectivity index (χ4v) is 8.39. The summed E-state index contributed by atoms with van der Waals surface area (Å²) in [4.78, 5) is 10.3. The molecule has 4 nitrogen and oxygen atoms in total. The van der Waals surface area contributed by atoms with Gasteiger partial charge in [0.15, 0.2) is 0 Å². The number of fused-ring (bicyclic) bond motifs is 12. The van der Waals surface area contributed by atoms with Crippen molar-refractivity contribution in [3.63, 3.8) is 0 Å². The number of benzene rings is 6. The molecule has 0 aliphatic rings. The lowest BCUT2D eigenvalue weighted by molar-refractivity contribution is 1.18. The van der Waals surface area contributed by atoms with Crippen LogP contribution in [0.1, 0.15) is 0 Å². The van der Waals surface area contributed by atoms with E-state index in [-0.39, 0.29) is 0 Å². The van der Waals surface area contributed by atoms with Crippen molar-refractivity contribution in [3.05, 3.63) is 146 Å². The summed E-state index contributed by atoms with van der Waals surface area (Å²) in [6, 6.07) is 47.9. The minimum absolute atomic E-state index is 1.00. The molecule has 0 saturated carbocycles. The number of nitrogens with zero attached hydrogens (tertiary/aromatic N) is 4. The molecule has 0 unspecified atom stereocenters. The molecule has 0 aliphatic carbocycles. The average molecular weight is 593 g/mol. The molecule has 5 heteroatoms. The van der Waals surface area contributed by atoms with Crippen LogP contribution in [0.15, 0.2) is 146 Å². The molecule has 0 spiro atoms. The molecule has 0 saturated heterocycles. The Morgan fingerprint density at radius 3 is 1.78 bits per heavy atom. The van der Waals surface area contributed by atoms with Crippen LogP contribution in [0.2, 0.25) is 0 Å². The molecule has 0 N–H and O–H groups in total. The number of thiophene rings is 1. The van der Waals surface area contributed by atoms with Gasteiger partial charge < -0.3 is 9.13 Å². The molecule has 4 aromatic heterocycles. The Bertz CT molecular complexity index is 2730. The average Bonchev–Trinajstić information content (AvgIpc) is 3.77. The summed E-state index contributed by atoms with van der Waals surface area (Å²) in [7, 11) is 0. The van der Waals surface area contributed by atoms with Crippen molar-refractivity contribution < 1.29 is 0 Å². The zero-order chi connectivity index (χ0) is 29.5. The van der Waals surface area contributed by atoms with E-state index in [9.17, 15) is 0 Å². The summed E-state index contributed by atoms with van der Waals surface area (Å²) >= 11 is 1.76. The van der Waals surface area contributed by atoms with Crippen LogP contribution in [0, 0.1) is 0 Å². The predicted octanol–water partition coefficient (Wildman–Crippen LogP) is 10.7. The molecular formula is C40H24N4S. The van der Waals surface area contributed by atoms with Gasteiger partial charge in [-0.2, -0.15) is 0 Å². The molecule has 0 atom stereocenters. The fraction of sp³-hybridized carbons (Fsp3) is 0. The minimum atomic E-state index is 1.00. The molecule has 10 aromatic rings. The topological polar surface area (TPSA) is 35.6 Å². The van der Waals surface area contributed by atoms with Gasteiger partial charge in [-0.1, -0.05) is 97.1 Å². The molecule has 0 radical (unpaired) electrons. The van der Waals surface area contributed by atoms with Gasteiger partial charge in [0.2, 0.25) is 0 Å². The lowest BCUT2D eigenvalue weighted by Gasteiger charge is -2.12. The maximum Gasteiger partial charge on any atom is 0.127 e. The lowest BCUT2D eigenvalue weighted by Crippen LogP contribution is -1.96. The van der Waals surface area contributed by atoms with Crippen molar-refractivity contribution >= 4 is 75.3 Å². The smallest absolute Gasteiger partial charge is 0.127 e. The first-order chi connectivity index (χ1) is 22.4.